The summed E-state index contributed by atoms with van der Waals surface area (Å²) in [6.07, 6.45) is 0. The lowest BCUT2D eigenvalue weighted by atomic mass is 10.1. The number of hydrogen-bond acceptors (Lipinski definition) is 5. The molecule has 2 amide bonds. The summed E-state index contributed by atoms with van der Waals surface area (Å²) in [5.41, 5.74) is 4.01. The molecule has 0 spiro atoms. The molecule has 6 nitrogen and oxygen atoms in total. The van der Waals surface area contributed by atoms with Gasteiger partial charge >= 0.3 is 0 Å². The minimum Gasteiger partial charge on any atom is -0.482 e. The van der Waals surface area contributed by atoms with Crippen molar-refractivity contribution in [3.05, 3.63) is 59.0 Å². The summed E-state index contributed by atoms with van der Waals surface area (Å²) in [6.45, 7) is 1.98. The van der Waals surface area contributed by atoms with Gasteiger partial charge in [0.2, 0.25) is 0 Å². The van der Waals surface area contributed by atoms with E-state index in [-0.39, 0.29) is 18.4 Å². The van der Waals surface area contributed by atoms with E-state index in [4.69, 9.17) is 4.74 Å². The fraction of sp³-hybridized carbons (Fsp3) is 0.105. The van der Waals surface area contributed by atoms with Crippen LogP contribution in [0.4, 0.5) is 10.8 Å². The fourth-order valence-corrected chi connectivity index (χ4v) is 3.41. The average molecular weight is 365 g/mol. The summed E-state index contributed by atoms with van der Waals surface area (Å²) in [6, 6.07) is 12.9. The third-order valence-corrected chi connectivity index (χ3v) is 4.78. The van der Waals surface area contributed by atoms with Gasteiger partial charge in [-0.05, 0) is 30.7 Å². The molecule has 1 aliphatic rings. The number of nitrogens with one attached hydrogen (secondary N) is 2. The van der Waals surface area contributed by atoms with Crippen molar-refractivity contribution in [1.82, 2.24) is 4.98 Å². The lowest BCUT2D eigenvalue weighted by Crippen LogP contribution is -2.25. The van der Waals surface area contributed by atoms with E-state index in [2.05, 4.69) is 15.6 Å². The minimum atomic E-state index is -0.279. The molecular weight excluding hydrogens is 350 g/mol. The average Bonchev–Trinajstić information content (AvgIpc) is 3.09. The molecule has 3 aromatic rings. The second-order valence-corrected chi connectivity index (χ2v) is 6.71. The van der Waals surface area contributed by atoms with Crippen molar-refractivity contribution in [3.63, 3.8) is 0 Å². The molecule has 130 valence electrons. The first-order chi connectivity index (χ1) is 12.6. The van der Waals surface area contributed by atoms with Crippen LogP contribution in [0.5, 0.6) is 5.75 Å². The molecule has 0 saturated carbocycles. The van der Waals surface area contributed by atoms with Crippen LogP contribution in [0.3, 0.4) is 0 Å². The molecule has 2 heterocycles. The van der Waals surface area contributed by atoms with Gasteiger partial charge in [-0.1, -0.05) is 24.3 Å². The first kappa shape index (κ1) is 16.3. The third kappa shape index (κ3) is 3.16. The number of ether oxygens (including phenoxy) is 1. The van der Waals surface area contributed by atoms with Crippen molar-refractivity contribution in [2.24, 2.45) is 0 Å². The standard InChI is InChI=1S/C19H15N3O3S/c1-11-4-2-3-5-13(11)15-10-26-19(21-15)22-18(24)12-6-7-14-16(8-12)25-9-17(23)20-14/h2-8,10H,9H2,1H3,(H,20,23)(H,21,22,24). The van der Waals surface area contributed by atoms with E-state index in [1.54, 1.807) is 18.2 Å². The van der Waals surface area contributed by atoms with E-state index in [1.165, 1.54) is 11.3 Å². The number of rotatable bonds is 3. The number of carbonyl (C=O) groups is 2. The van der Waals surface area contributed by atoms with Crippen LogP contribution in [0.2, 0.25) is 0 Å². The minimum absolute atomic E-state index is 0.0513. The SMILES string of the molecule is Cc1ccccc1-c1csc(NC(=O)c2ccc3c(c2)OCC(=O)N3)n1. The Labute approximate surface area is 153 Å². The molecule has 0 unspecified atom stereocenters. The molecule has 0 atom stereocenters. The van der Waals surface area contributed by atoms with Crippen LogP contribution in [0.1, 0.15) is 15.9 Å². The molecule has 7 heteroatoms. The zero-order valence-corrected chi connectivity index (χ0v) is 14.7. The van der Waals surface area contributed by atoms with E-state index in [0.29, 0.717) is 22.1 Å². The summed E-state index contributed by atoms with van der Waals surface area (Å²) in [7, 11) is 0. The van der Waals surface area contributed by atoms with Crippen LogP contribution >= 0.6 is 11.3 Å². The number of fused-ring (bicyclic) bond motifs is 1. The van der Waals surface area contributed by atoms with Crippen LogP contribution in [-0.2, 0) is 4.79 Å². The molecule has 2 aromatic carbocycles. The molecule has 4 rings (SSSR count). The van der Waals surface area contributed by atoms with E-state index in [0.717, 1.165) is 16.8 Å². The second kappa shape index (κ2) is 6.61. The van der Waals surface area contributed by atoms with Crippen LogP contribution in [-0.4, -0.2) is 23.4 Å². The van der Waals surface area contributed by atoms with Gasteiger partial charge in [0.05, 0.1) is 11.4 Å². The molecule has 0 saturated heterocycles. The number of anilines is 2. The highest BCUT2D eigenvalue weighted by atomic mass is 32.1. The van der Waals surface area contributed by atoms with Crippen molar-refractivity contribution < 1.29 is 14.3 Å². The van der Waals surface area contributed by atoms with Crippen molar-refractivity contribution in [2.75, 3.05) is 17.2 Å². The molecule has 0 fully saturated rings. The monoisotopic (exact) mass is 365 g/mol. The Balaban J connectivity index is 1.52. The summed E-state index contributed by atoms with van der Waals surface area (Å²) in [4.78, 5) is 28.3. The summed E-state index contributed by atoms with van der Waals surface area (Å²) in [5, 5.41) is 7.95. The van der Waals surface area contributed by atoms with Gasteiger partial charge in [-0.25, -0.2) is 4.98 Å². The number of hydrogen-bond donors (Lipinski definition) is 2. The molecule has 26 heavy (non-hydrogen) atoms. The van der Waals surface area contributed by atoms with Crippen LogP contribution in [0.25, 0.3) is 11.3 Å². The number of carbonyl (C=O) groups excluding carboxylic acids is 2. The Morgan fingerprint density at radius 3 is 2.96 bits per heavy atom. The Morgan fingerprint density at radius 2 is 2.12 bits per heavy atom. The van der Waals surface area contributed by atoms with Crippen molar-refractivity contribution in [3.8, 4) is 17.0 Å². The number of aromatic nitrogens is 1. The van der Waals surface area contributed by atoms with Crippen LogP contribution in [0.15, 0.2) is 47.8 Å². The Bertz CT molecular complexity index is 1010. The quantitative estimate of drug-likeness (QED) is 0.742. The lowest BCUT2D eigenvalue weighted by molar-refractivity contribution is -0.118. The summed E-state index contributed by atoms with van der Waals surface area (Å²) >= 11 is 1.37. The fourth-order valence-electron chi connectivity index (χ4n) is 2.70. The van der Waals surface area contributed by atoms with E-state index < -0.39 is 0 Å². The van der Waals surface area contributed by atoms with Gasteiger partial charge in [-0.2, -0.15) is 0 Å². The zero-order valence-electron chi connectivity index (χ0n) is 13.9. The first-order valence-corrected chi connectivity index (χ1v) is 8.88. The number of benzene rings is 2. The van der Waals surface area contributed by atoms with Gasteiger partial charge in [-0.3, -0.25) is 14.9 Å². The van der Waals surface area contributed by atoms with Gasteiger partial charge in [0.1, 0.15) is 5.75 Å². The van der Waals surface area contributed by atoms with Crippen molar-refractivity contribution in [1.29, 1.82) is 0 Å². The Morgan fingerprint density at radius 1 is 1.27 bits per heavy atom. The molecule has 0 bridgehead atoms. The number of amides is 2. The first-order valence-electron chi connectivity index (χ1n) is 8.00. The zero-order chi connectivity index (χ0) is 18.1. The van der Waals surface area contributed by atoms with Crippen molar-refractivity contribution in [2.45, 2.75) is 6.92 Å². The highest BCUT2D eigenvalue weighted by Crippen LogP contribution is 2.30. The summed E-state index contributed by atoms with van der Waals surface area (Å²) in [5.74, 6) is -0.00260. The second-order valence-electron chi connectivity index (χ2n) is 5.85. The predicted octanol–water partition coefficient (Wildman–Crippen LogP) is 3.70. The molecular formula is C19H15N3O3S. The number of aryl methyl sites for hydroxylation is 1. The highest BCUT2D eigenvalue weighted by Gasteiger charge is 2.18. The predicted molar refractivity (Wildman–Crippen MR) is 101 cm³/mol. The maximum absolute atomic E-state index is 12.5. The van der Waals surface area contributed by atoms with E-state index in [1.807, 2.05) is 36.6 Å². The summed E-state index contributed by atoms with van der Waals surface area (Å²) < 4.78 is 5.35. The van der Waals surface area contributed by atoms with Gasteiger partial charge in [-0.15, -0.1) is 11.3 Å². The van der Waals surface area contributed by atoms with Gasteiger partial charge in [0.25, 0.3) is 11.8 Å². The van der Waals surface area contributed by atoms with Gasteiger partial charge < -0.3 is 10.1 Å². The molecule has 1 aromatic heterocycles. The van der Waals surface area contributed by atoms with E-state index in [9.17, 15) is 9.59 Å². The molecule has 2 N–H and O–H groups in total. The largest absolute Gasteiger partial charge is 0.482 e. The lowest BCUT2D eigenvalue weighted by Gasteiger charge is -2.18. The number of thiazole rings is 1. The van der Waals surface area contributed by atoms with Gasteiger partial charge in [0, 0.05) is 16.5 Å². The Kier molecular flexibility index (Phi) is 4.14. The molecule has 0 radical (unpaired) electrons. The van der Waals surface area contributed by atoms with Crippen LogP contribution < -0.4 is 15.4 Å². The third-order valence-electron chi connectivity index (χ3n) is 4.02. The van der Waals surface area contributed by atoms with E-state index >= 15 is 0 Å². The van der Waals surface area contributed by atoms with Crippen LogP contribution in [0, 0.1) is 6.92 Å². The highest BCUT2D eigenvalue weighted by molar-refractivity contribution is 7.14. The normalized spacial score (nSPS) is 12.7. The molecule has 1 aliphatic heterocycles. The van der Waals surface area contributed by atoms with Gasteiger partial charge in [0.15, 0.2) is 11.7 Å². The maximum atomic E-state index is 12.5. The number of nitrogens with zero attached hydrogens (tertiary/aromatic N) is 1. The molecule has 0 aliphatic carbocycles. The smallest absolute Gasteiger partial charge is 0.262 e. The topological polar surface area (TPSA) is 80.3 Å². The maximum Gasteiger partial charge on any atom is 0.262 e. The van der Waals surface area contributed by atoms with Crippen molar-refractivity contribution >= 4 is 34.0 Å². The Hall–Kier alpha value is -3.19.